The molecule has 146 valence electrons. The van der Waals surface area contributed by atoms with Gasteiger partial charge in [0, 0.05) is 17.6 Å². The van der Waals surface area contributed by atoms with Gasteiger partial charge in [0.25, 0.3) is 0 Å². The summed E-state index contributed by atoms with van der Waals surface area (Å²) in [5.41, 5.74) is 3.42. The smallest absolute Gasteiger partial charge is 0.175 e. The van der Waals surface area contributed by atoms with Crippen molar-refractivity contribution >= 4 is 27.5 Å². The maximum Gasteiger partial charge on any atom is 0.175 e. The number of benzene rings is 3. The minimum Gasteiger partial charge on any atom is -0.493 e. The van der Waals surface area contributed by atoms with E-state index in [4.69, 9.17) is 21.1 Å². The van der Waals surface area contributed by atoms with Crippen molar-refractivity contribution in [1.29, 1.82) is 0 Å². The molecule has 0 aliphatic rings. The molecule has 3 rings (SSSR count). The van der Waals surface area contributed by atoms with Crippen molar-refractivity contribution in [3.63, 3.8) is 0 Å². The minimum atomic E-state index is 0.256. The van der Waals surface area contributed by atoms with Crippen molar-refractivity contribution < 1.29 is 9.47 Å². The van der Waals surface area contributed by atoms with E-state index >= 15 is 0 Å². The highest BCUT2D eigenvalue weighted by atomic mass is 79.9. The van der Waals surface area contributed by atoms with Crippen LogP contribution >= 0.6 is 27.5 Å². The van der Waals surface area contributed by atoms with E-state index in [1.54, 1.807) is 7.11 Å². The molecule has 0 aliphatic heterocycles. The monoisotopic (exact) mass is 459 g/mol. The Morgan fingerprint density at radius 3 is 2.39 bits per heavy atom. The maximum absolute atomic E-state index is 6.00. The third kappa shape index (κ3) is 5.51. The quantitative estimate of drug-likeness (QED) is 0.414. The second-order valence-electron chi connectivity index (χ2n) is 6.54. The Morgan fingerprint density at radius 1 is 1.00 bits per heavy atom. The summed E-state index contributed by atoms with van der Waals surface area (Å²) in [6.45, 7) is 3.32. The highest BCUT2D eigenvalue weighted by Gasteiger charge is 2.13. The van der Waals surface area contributed by atoms with Gasteiger partial charge in [-0.3, -0.25) is 0 Å². The molecule has 0 heterocycles. The average molecular weight is 461 g/mol. The summed E-state index contributed by atoms with van der Waals surface area (Å²) < 4.78 is 12.4. The first-order chi connectivity index (χ1) is 13.6. The third-order valence-electron chi connectivity index (χ3n) is 4.50. The Bertz CT molecular complexity index is 900. The molecule has 3 aromatic carbocycles. The van der Waals surface area contributed by atoms with E-state index in [9.17, 15) is 0 Å². The van der Waals surface area contributed by atoms with Gasteiger partial charge >= 0.3 is 0 Å². The summed E-state index contributed by atoms with van der Waals surface area (Å²) in [4.78, 5) is 0. The highest BCUT2D eigenvalue weighted by Crippen LogP contribution is 2.37. The molecule has 0 aliphatic carbocycles. The number of ether oxygens (including phenoxy) is 2. The second-order valence-corrected chi connectivity index (χ2v) is 7.83. The molecule has 0 spiro atoms. The van der Waals surface area contributed by atoms with Gasteiger partial charge in [0.15, 0.2) is 11.5 Å². The standard InChI is InChI=1S/C23H23BrClNO2/c1-16(19-6-4-3-5-7-19)26-14-18-12-21(24)23(22(13-18)27-2)28-15-17-8-10-20(25)11-9-17/h3-13,16,26H,14-15H2,1-2H3. The molecule has 0 saturated carbocycles. The predicted molar refractivity (Wildman–Crippen MR) is 118 cm³/mol. The van der Waals surface area contributed by atoms with E-state index < -0.39 is 0 Å². The van der Waals surface area contributed by atoms with Crippen LogP contribution in [0.5, 0.6) is 11.5 Å². The SMILES string of the molecule is COc1cc(CNC(C)c2ccccc2)cc(Br)c1OCc1ccc(Cl)cc1. The summed E-state index contributed by atoms with van der Waals surface area (Å²) in [7, 11) is 1.65. The number of methoxy groups -OCH3 is 1. The minimum absolute atomic E-state index is 0.256. The molecule has 1 N–H and O–H groups in total. The van der Waals surface area contributed by atoms with Crippen LogP contribution in [0.3, 0.4) is 0 Å². The molecule has 3 aromatic rings. The maximum atomic E-state index is 6.00. The second kappa shape index (κ2) is 9.97. The highest BCUT2D eigenvalue weighted by molar-refractivity contribution is 9.10. The van der Waals surface area contributed by atoms with Crippen LogP contribution in [0, 0.1) is 0 Å². The fourth-order valence-corrected chi connectivity index (χ4v) is 3.61. The van der Waals surface area contributed by atoms with E-state index in [2.05, 4.69) is 58.5 Å². The number of nitrogens with one attached hydrogen (secondary N) is 1. The molecule has 0 amide bonds. The van der Waals surface area contributed by atoms with Crippen molar-refractivity contribution in [2.75, 3.05) is 7.11 Å². The van der Waals surface area contributed by atoms with Crippen LogP contribution in [0.2, 0.25) is 5.02 Å². The van der Waals surface area contributed by atoms with E-state index in [0.29, 0.717) is 23.1 Å². The Morgan fingerprint density at radius 2 is 1.71 bits per heavy atom. The van der Waals surface area contributed by atoms with Crippen molar-refractivity contribution in [3.8, 4) is 11.5 Å². The molecule has 0 fully saturated rings. The lowest BCUT2D eigenvalue weighted by Gasteiger charge is -2.17. The van der Waals surface area contributed by atoms with Gasteiger partial charge < -0.3 is 14.8 Å². The van der Waals surface area contributed by atoms with Crippen LogP contribution in [0.15, 0.2) is 71.2 Å². The fourth-order valence-electron chi connectivity index (χ4n) is 2.88. The molecule has 0 radical (unpaired) electrons. The zero-order chi connectivity index (χ0) is 19.9. The van der Waals surface area contributed by atoms with Gasteiger partial charge in [-0.25, -0.2) is 0 Å². The number of halogens is 2. The summed E-state index contributed by atoms with van der Waals surface area (Å²) in [6, 6.07) is 22.3. The molecule has 1 unspecified atom stereocenters. The van der Waals surface area contributed by atoms with Crippen LogP contribution in [-0.2, 0) is 13.2 Å². The molecule has 1 atom stereocenters. The topological polar surface area (TPSA) is 30.5 Å². The molecule has 0 bridgehead atoms. The summed E-state index contributed by atoms with van der Waals surface area (Å²) in [6.07, 6.45) is 0. The van der Waals surface area contributed by atoms with Crippen molar-refractivity contribution in [2.24, 2.45) is 0 Å². The fraction of sp³-hybridized carbons (Fsp3) is 0.217. The normalized spacial score (nSPS) is 11.9. The summed E-state index contributed by atoms with van der Waals surface area (Å²) in [5.74, 6) is 1.39. The lowest BCUT2D eigenvalue weighted by molar-refractivity contribution is 0.282. The zero-order valence-electron chi connectivity index (χ0n) is 15.9. The molecular formula is C23H23BrClNO2. The first kappa shape index (κ1) is 20.7. The van der Waals surface area contributed by atoms with Gasteiger partial charge in [0.05, 0.1) is 11.6 Å². The predicted octanol–water partition coefficient (Wildman–Crippen LogP) is 6.54. The molecular weight excluding hydrogens is 438 g/mol. The van der Waals surface area contributed by atoms with E-state index in [1.165, 1.54) is 5.56 Å². The summed E-state index contributed by atoms with van der Waals surface area (Å²) in [5, 5.41) is 4.26. The first-order valence-corrected chi connectivity index (χ1v) is 10.3. The van der Waals surface area contributed by atoms with Crippen LogP contribution in [-0.4, -0.2) is 7.11 Å². The molecule has 3 nitrogen and oxygen atoms in total. The Hall–Kier alpha value is -2.01. The van der Waals surface area contributed by atoms with Crippen molar-refractivity contribution in [3.05, 3.63) is 92.9 Å². The largest absolute Gasteiger partial charge is 0.493 e. The molecule has 0 saturated heterocycles. The lowest BCUT2D eigenvalue weighted by Crippen LogP contribution is -2.18. The van der Waals surface area contributed by atoms with E-state index in [1.807, 2.05) is 36.4 Å². The van der Waals surface area contributed by atoms with Gasteiger partial charge in [-0.1, -0.05) is 54.1 Å². The number of hydrogen-bond acceptors (Lipinski definition) is 3. The Labute approximate surface area is 179 Å². The van der Waals surface area contributed by atoms with Gasteiger partial charge in [0.2, 0.25) is 0 Å². The van der Waals surface area contributed by atoms with Crippen molar-refractivity contribution in [2.45, 2.75) is 26.1 Å². The van der Waals surface area contributed by atoms with Gasteiger partial charge in [-0.15, -0.1) is 0 Å². The van der Waals surface area contributed by atoms with Crippen LogP contribution in [0.4, 0.5) is 0 Å². The zero-order valence-corrected chi connectivity index (χ0v) is 18.3. The van der Waals surface area contributed by atoms with Crippen LogP contribution in [0.25, 0.3) is 0 Å². The average Bonchev–Trinajstić information content (AvgIpc) is 2.72. The summed E-state index contributed by atoms with van der Waals surface area (Å²) >= 11 is 9.56. The van der Waals surface area contributed by atoms with Gasteiger partial charge in [0.1, 0.15) is 6.61 Å². The third-order valence-corrected chi connectivity index (χ3v) is 5.34. The van der Waals surface area contributed by atoms with Gasteiger partial charge in [-0.2, -0.15) is 0 Å². The number of hydrogen-bond donors (Lipinski definition) is 1. The van der Waals surface area contributed by atoms with Crippen LogP contribution in [0.1, 0.15) is 29.7 Å². The van der Waals surface area contributed by atoms with Crippen LogP contribution < -0.4 is 14.8 Å². The van der Waals surface area contributed by atoms with Gasteiger partial charge in [-0.05, 0) is 63.8 Å². The van der Waals surface area contributed by atoms with E-state index in [-0.39, 0.29) is 6.04 Å². The Balaban J connectivity index is 1.67. The molecule has 0 aromatic heterocycles. The Kier molecular flexibility index (Phi) is 7.37. The van der Waals surface area contributed by atoms with E-state index in [0.717, 1.165) is 22.1 Å². The molecule has 28 heavy (non-hydrogen) atoms. The first-order valence-electron chi connectivity index (χ1n) is 9.09. The lowest BCUT2D eigenvalue weighted by atomic mass is 10.1. The number of rotatable bonds is 8. The molecule has 5 heteroatoms. The van der Waals surface area contributed by atoms with Crippen molar-refractivity contribution in [1.82, 2.24) is 5.32 Å².